The average molecular weight is 277 g/mol. The molecule has 1 unspecified atom stereocenters. The van der Waals surface area contributed by atoms with Crippen molar-refractivity contribution in [1.29, 1.82) is 0 Å². The van der Waals surface area contributed by atoms with Crippen LogP contribution in [0.4, 0.5) is 0 Å². The van der Waals surface area contributed by atoms with Crippen molar-refractivity contribution >= 4 is 0 Å². The number of hydrogen-bond acceptors (Lipinski definition) is 2. The van der Waals surface area contributed by atoms with Crippen LogP contribution in [0.1, 0.15) is 51.2 Å². The van der Waals surface area contributed by atoms with Gasteiger partial charge in [-0.25, -0.2) is 0 Å². The summed E-state index contributed by atoms with van der Waals surface area (Å²) in [5.41, 5.74) is 2.80. The molecule has 0 spiro atoms. The number of unbranched alkanes of at least 4 members (excludes halogenated alkanes) is 1. The van der Waals surface area contributed by atoms with Gasteiger partial charge in [0, 0.05) is 12.6 Å². The molecular formula is C18H31NO. The molecule has 1 atom stereocenters. The van der Waals surface area contributed by atoms with Crippen LogP contribution < -0.4 is 5.32 Å². The van der Waals surface area contributed by atoms with E-state index in [-0.39, 0.29) is 0 Å². The second kappa shape index (κ2) is 9.95. The zero-order chi connectivity index (χ0) is 14.8. The summed E-state index contributed by atoms with van der Waals surface area (Å²) in [5, 5.41) is 3.60. The van der Waals surface area contributed by atoms with Gasteiger partial charge >= 0.3 is 0 Å². The van der Waals surface area contributed by atoms with E-state index in [4.69, 9.17) is 4.74 Å². The molecule has 2 nitrogen and oxygen atoms in total. The van der Waals surface area contributed by atoms with Crippen molar-refractivity contribution in [3.63, 3.8) is 0 Å². The monoisotopic (exact) mass is 277 g/mol. The lowest BCUT2D eigenvalue weighted by atomic mass is 10.0. The summed E-state index contributed by atoms with van der Waals surface area (Å²) in [4.78, 5) is 0. The van der Waals surface area contributed by atoms with E-state index >= 15 is 0 Å². The topological polar surface area (TPSA) is 21.3 Å². The summed E-state index contributed by atoms with van der Waals surface area (Å²) in [7, 11) is 0. The maximum absolute atomic E-state index is 5.54. The zero-order valence-electron chi connectivity index (χ0n) is 13.6. The molecule has 0 amide bonds. The molecule has 114 valence electrons. The van der Waals surface area contributed by atoms with Gasteiger partial charge in [0.2, 0.25) is 0 Å². The molecule has 0 saturated carbocycles. The fourth-order valence-corrected chi connectivity index (χ4v) is 2.25. The Bertz CT molecular complexity index is 362. The highest BCUT2D eigenvalue weighted by molar-refractivity contribution is 5.22. The first-order valence-corrected chi connectivity index (χ1v) is 7.98. The molecule has 20 heavy (non-hydrogen) atoms. The number of nitrogens with one attached hydrogen (secondary N) is 1. The van der Waals surface area contributed by atoms with Crippen molar-refractivity contribution in [2.75, 3.05) is 13.2 Å². The Morgan fingerprint density at radius 3 is 2.65 bits per heavy atom. The lowest BCUT2D eigenvalue weighted by molar-refractivity contribution is 0.0759. The number of aryl methyl sites for hydroxylation is 2. The third-order valence-corrected chi connectivity index (χ3v) is 3.46. The Balaban J connectivity index is 2.04. The highest BCUT2D eigenvalue weighted by Crippen LogP contribution is 2.08. The first-order valence-electron chi connectivity index (χ1n) is 7.98. The van der Waals surface area contributed by atoms with E-state index in [1.54, 1.807) is 0 Å². The molecule has 0 bridgehead atoms. The summed E-state index contributed by atoms with van der Waals surface area (Å²) in [5.74, 6) is 0. The molecule has 0 fully saturated rings. The maximum Gasteiger partial charge on any atom is 0.0518 e. The van der Waals surface area contributed by atoms with Crippen LogP contribution in [0.5, 0.6) is 0 Å². The van der Waals surface area contributed by atoms with Crippen molar-refractivity contribution in [3.8, 4) is 0 Å². The van der Waals surface area contributed by atoms with E-state index in [9.17, 15) is 0 Å². The van der Waals surface area contributed by atoms with E-state index in [2.05, 4.69) is 57.3 Å². The number of ether oxygens (including phenoxy) is 1. The predicted octanol–water partition coefficient (Wildman–Crippen LogP) is 4.11. The Morgan fingerprint density at radius 2 is 1.95 bits per heavy atom. The minimum absolute atomic E-state index is 0.358. The van der Waals surface area contributed by atoms with Gasteiger partial charge in [0.25, 0.3) is 0 Å². The average Bonchev–Trinajstić information content (AvgIpc) is 2.40. The SMILES string of the molecule is Cc1cccc(CCC(C)NCCCCOC(C)C)c1. The quantitative estimate of drug-likeness (QED) is 0.650. The smallest absolute Gasteiger partial charge is 0.0518 e. The van der Waals surface area contributed by atoms with Gasteiger partial charge in [0.15, 0.2) is 0 Å². The molecule has 1 rings (SSSR count). The first-order chi connectivity index (χ1) is 9.58. The Labute approximate surface area is 124 Å². The molecule has 0 saturated heterocycles. The zero-order valence-corrected chi connectivity index (χ0v) is 13.6. The minimum atomic E-state index is 0.358. The van der Waals surface area contributed by atoms with Crippen LogP contribution >= 0.6 is 0 Å². The molecule has 0 aliphatic rings. The summed E-state index contributed by atoms with van der Waals surface area (Å²) in [6.45, 7) is 10.6. The largest absolute Gasteiger partial charge is 0.379 e. The van der Waals surface area contributed by atoms with Crippen LogP contribution in [0.3, 0.4) is 0 Å². The molecule has 0 radical (unpaired) electrons. The van der Waals surface area contributed by atoms with Crippen LogP contribution in [0.2, 0.25) is 0 Å². The second-order valence-corrected chi connectivity index (χ2v) is 6.01. The van der Waals surface area contributed by atoms with E-state index in [0.717, 1.165) is 26.0 Å². The summed E-state index contributed by atoms with van der Waals surface area (Å²) >= 11 is 0. The fraction of sp³-hybridized carbons (Fsp3) is 0.667. The fourth-order valence-electron chi connectivity index (χ4n) is 2.25. The second-order valence-electron chi connectivity index (χ2n) is 6.01. The molecule has 0 aliphatic carbocycles. The van der Waals surface area contributed by atoms with Crippen LogP contribution in [0, 0.1) is 6.92 Å². The van der Waals surface area contributed by atoms with Gasteiger partial charge in [-0.3, -0.25) is 0 Å². The van der Waals surface area contributed by atoms with Crippen molar-refractivity contribution in [2.24, 2.45) is 0 Å². The Kier molecular flexibility index (Phi) is 8.56. The number of hydrogen-bond donors (Lipinski definition) is 1. The molecule has 1 aromatic rings. The van der Waals surface area contributed by atoms with Gasteiger partial charge in [-0.15, -0.1) is 0 Å². The third kappa shape index (κ3) is 8.34. The molecule has 0 aromatic heterocycles. The lowest BCUT2D eigenvalue weighted by Gasteiger charge is -2.14. The third-order valence-electron chi connectivity index (χ3n) is 3.46. The van der Waals surface area contributed by atoms with Gasteiger partial charge in [0.1, 0.15) is 0 Å². The standard InChI is InChI=1S/C18H31NO/c1-15(2)20-13-6-5-12-19-17(4)10-11-18-9-7-8-16(3)14-18/h7-9,14-15,17,19H,5-6,10-13H2,1-4H3. The van der Waals surface area contributed by atoms with Crippen LogP contribution in [-0.4, -0.2) is 25.3 Å². The predicted molar refractivity (Wildman–Crippen MR) is 87.3 cm³/mol. The summed E-state index contributed by atoms with van der Waals surface area (Å²) in [6.07, 6.45) is 5.06. The maximum atomic E-state index is 5.54. The lowest BCUT2D eigenvalue weighted by Crippen LogP contribution is -2.27. The number of benzene rings is 1. The van der Waals surface area contributed by atoms with Crippen molar-refractivity contribution in [1.82, 2.24) is 5.32 Å². The van der Waals surface area contributed by atoms with E-state index in [1.165, 1.54) is 24.0 Å². The highest BCUT2D eigenvalue weighted by atomic mass is 16.5. The van der Waals surface area contributed by atoms with Gasteiger partial charge in [-0.1, -0.05) is 29.8 Å². The first kappa shape index (κ1) is 17.2. The van der Waals surface area contributed by atoms with Crippen molar-refractivity contribution in [3.05, 3.63) is 35.4 Å². The van der Waals surface area contributed by atoms with Crippen molar-refractivity contribution in [2.45, 2.75) is 65.5 Å². The summed E-state index contributed by atoms with van der Waals surface area (Å²) in [6, 6.07) is 9.41. The number of rotatable bonds is 10. The highest BCUT2D eigenvalue weighted by Gasteiger charge is 2.02. The molecule has 2 heteroatoms. The molecule has 0 aliphatic heterocycles. The molecule has 0 heterocycles. The molecule has 1 N–H and O–H groups in total. The van der Waals surface area contributed by atoms with E-state index in [1.807, 2.05) is 0 Å². The van der Waals surface area contributed by atoms with Gasteiger partial charge in [0.05, 0.1) is 6.10 Å². The van der Waals surface area contributed by atoms with Crippen molar-refractivity contribution < 1.29 is 4.74 Å². The van der Waals surface area contributed by atoms with Gasteiger partial charge in [-0.05, 0) is 65.5 Å². The minimum Gasteiger partial charge on any atom is -0.379 e. The van der Waals surface area contributed by atoms with E-state index < -0.39 is 0 Å². The van der Waals surface area contributed by atoms with Gasteiger partial charge in [-0.2, -0.15) is 0 Å². The Morgan fingerprint density at radius 1 is 1.15 bits per heavy atom. The summed E-state index contributed by atoms with van der Waals surface area (Å²) < 4.78 is 5.54. The van der Waals surface area contributed by atoms with Crippen LogP contribution in [0.15, 0.2) is 24.3 Å². The normalized spacial score (nSPS) is 12.8. The Hall–Kier alpha value is -0.860. The molecule has 1 aromatic carbocycles. The van der Waals surface area contributed by atoms with Crippen LogP contribution in [0.25, 0.3) is 0 Å². The van der Waals surface area contributed by atoms with Gasteiger partial charge < -0.3 is 10.1 Å². The van der Waals surface area contributed by atoms with Crippen LogP contribution in [-0.2, 0) is 11.2 Å². The molecular weight excluding hydrogens is 246 g/mol. The van der Waals surface area contributed by atoms with E-state index in [0.29, 0.717) is 12.1 Å².